The minimum absolute atomic E-state index is 0.0564. The number of amidine groups is 1. The van der Waals surface area contributed by atoms with Crippen LogP contribution in [0, 0.1) is 11.8 Å². The van der Waals surface area contributed by atoms with Crippen LogP contribution in [0.25, 0.3) is 22.4 Å². The van der Waals surface area contributed by atoms with Gasteiger partial charge in [0.15, 0.2) is 0 Å². The number of allylic oxidation sites excluding steroid dienone is 1. The Morgan fingerprint density at radius 3 is 2.58 bits per heavy atom. The number of nitrogens with two attached hydrogens (primary N) is 1. The number of rotatable bonds is 5. The maximum absolute atomic E-state index is 6.11. The number of aromatic amines is 1. The van der Waals surface area contributed by atoms with E-state index in [0.29, 0.717) is 11.9 Å². The molecule has 3 aromatic rings. The molecule has 40 heavy (non-hydrogen) atoms. The Hall–Kier alpha value is -3.92. The topological polar surface area (TPSA) is 91.1 Å². The van der Waals surface area contributed by atoms with Gasteiger partial charge in [0.25, 0.3) is 0 Å². The van der Waals surface area contributed by atoms with Gasteiger partial charge in [-0.15, -0.1) is 13.2 Å². The minimum atomic E-state index is 0.0564. The molecule has 0 saturated carbocycles. The van der Waals surface area contributed by atoms with Gasteiger partial charge in [-0.25, -0.2) is 9.98 Å². The molecule has 5 rings (SSSR count). The van der Waals surface area contributed by atoms with Crippen LogP contribution in [0.3, 0.4) is 0 Å². The molecule has 1 unspecified atom stereocenters. The van der Waals surface area contributed by atoms with Gasteiger partial charge in [-0.2, -0.15) is 0 Å². The van der Waals surface area contributed by atoms with Crippen LogP contribution in [-0.2, 0) is 5.41 Å². The maximum atomic E-state index is 6.11. The largest absolute Gasteiger partial charge is 0.386 e. The molecule has 6 nitrogen and oxygen atoms in total. The van der Waals surface area contributed by atoms with Gasteiger partial charge in [-0.3, -0.25) is 0 Å². The van der Waals surface area contributed by atoms with Crippen LogP contribution in [0.1, 0.15) is 69.4 Å². The summed E-state index contributed by atoms with van der Waals surface area (Å²) in [5.41, 5.74) is 12.8. The fourth-order valence-electron chi connectivity index (χ4n) is 5.10. The third-order valence-corrected chi connectivity index (χ3v) is 7.36. The summed E-state index contributed by atoms with van der Waals surface area (Å²) in [6.07, 6.45) is 9.87. The Balaban J connectivity index is 0.00000181. The average molecular weight is 535 g/mol. The van der Waals surface area contributed by atoms with Crippen molar-refractivity contribution in [3.63, 3.8) is 0 Å². The summed E-state index contributed by atoms with van der Waals surface area (Å²) < 4.78 is 0. The molecular weight excluding hydrogens is 492 g/mol. The summed E-state index contributed by atoms with van der Waals surface area (Å²) in [6, 6.07) is 15.7. The van der Waals surface area contributed by atoms with Gasteiger partial charge in [0, 0.05) is 23.4 Å². The SMILES string of the molecule is C=C.CC(C)(C)c1cccc(-c2cc(-c3cnc([C@@H]4CCCN4)[nH]3)ccc2C#C/C=C/N=C(N)C2CCCN2)c1. The quantitative estimate of drug-likeness (QED) is 0.135. The lowest BCUT2D eigenvalue weighted by Crippen LogP contribution is -2.36. The van der Waals surface area contributed by atoms with Crippen molar-refractivity contribution in [1.29, 1.82) is 0 Å². The lowest BCUT2D eigenvalue weighted by Gasteiger charge is -2.20. The predicted molar refractivity (Wildman–Crippen MR) is 168 cm³/mol. The van der Waals surface area contributed by atoms with Gasteiger partial charge in [0.1, 0.15) is 11.7 Å². The zero-order chi connectivity index (χ0) is 28.5. The molecule has 0 radical (unpaired) electrons. The lowest BCUT2D eigenvalue weighted by atomic mass is 9.85. The summed E-state index contributed by atoms with van der Waals surface area (Å²) >= 11 is 0. The monoisotopic (exact) mass is 534 g/mol. The molecule has 0 amide bonds. The second kappa shape index (κ2) is 13.4. The zero-order valence-corrected chi connectivity index (χ0v) is 24.1. The number of benzene rings is 2. The summed E-state index contributed by atoms with van der Waals surface area (Å²) in [6.45, 7) is 14.8. The number of nitrogens with zero attached hydrogens (tertiary/aromatic N) is 2. The van der Waals surface area contributed by atoms with Crippen LogP contribution in [0.4, 0.5) is 0 Å². The van der Waals surface area contributed by atoms with Gasteiger partial charge in [-0.1, -0.05) is 62.9 Å². The van der Waals surface area contributed by atoms with Crippen LogP contribution in [-0.4, -0.2) is 34.9 Å². The number of hydrogen-bond acceptors (Lipinski definition) is 4. The zero-order valence-electron chi connectivity index (χ0n) is 24.1. The Morgan fingerprint density at radius 2 is 1.85 bits per heavy atom. The van der Waals surface area contributed by atoms with E-state index >= 15 is 0 Å². The van der Waals surface area contributed by atoms with Crippen LogP contribution < -0.4 is 16.4 Å². The van der Waals surface area contributed by atoms with Gasteiger partial charge in [0.2, 0.25) is 0 Å². The Labute approximate surface area is 239 Å². The molecule has 5 N–H and O–H groups in total. The highest BCUT2D eigenvalue weighted by atomic mass is 15.0. The summed E-state index contributed by atoms with van der Waals surface area (Å²) in [7, 11) is 0. The normalized spacial score (nSPS) is 19.2. The van der Waals surface area contributed by atoms with E-state index in [1.165, 1.54) is 12.0 Å². The van der Waals surface area contributed by atoms with E-state index in [-0.39, 0.29) is 11.5 Å². The Kier molecular flexibility index (Phi) is 9.76. The first-order valence-electron chi connectivity index (χ1n) is 14.2. The number of hydrogen-bond donors (Lipinski definition) is 4. The van der Waals surface area contributed by atoms with E-state index < -0.39 is 0 Å². The Morgan fingerprint density at radius 1 is 1.05 bits per heavy atom. The molecular formula is C34H42N6. The number of aliphatic imine (C=N–C) groups is 1. The number of H-pyrrole nitrogens is 1. The molecule has 2 aliphatic rings. The average Bonchev–Trinajstić information content (AvgIpc) is 3.76. The van der Waals surface area contributed by atoms with E-state index in [4.69, 9.17) is 5.73 Å². The number of imidazole rings is 1. The molecule has 2 aromatic carbocycles. The first kappa shape index (κ1) is 29.1. The predicted octanol–water partition coefficient (Wildman–Crippen LogP) is 6.24. The van der Waals surface area contributed by atoms with E-state index in [0.717, 1.165) is 66.1 Å². The highest BCUT2D eigenvalue weighted by Gasteiger charge is 2.20. The molecule has 0 aliphatic carbocycles. The van der Waals surface area contributed by atoms with Crippen LogP contribution in [0.2, 0.25) is 0 Å². The molecule has 0 spiro atoms. The summed E-state index contributed by atoms with van der Waals surface area (Å²) in [5.74, 6) is 8.14. The van der Waals surface area contributed by atoms with Gasteiger partial charge >= 0.3 is 0 Å². The molecule has 208 valence electrons. The maximum Gasteiger partial charge on any atom is 0.123 e. The van der Waals surface area contributed by atoms with Crippen molar-refractivity contribution in [2.24, 2.45) is 10.7 Å². The Bertz CT molecular complexity index is 1400. The van der Waals surface area contributed by atoms with E-state index in [2.05, 4.69) is 114 Å². The molecule has 2 aliphatic heterocycles. The van der Waals surface area contributed by atoms with Crippen LogP contribution in [0.15, 0.2) is 79.1 Å². The number of nitrogens with one attached hydrogen (secondary N) is 3. The van der Waals surface area contributed by atoms with Crippen LogP contribution >= 0.6 is 0 Å². The smallest absolute Gasteiger partial charge is 0.123 e. The van der Waals surface area contributed by atoms with Crippen molar-refractivity contribution < 1.29 is 0 Å². The van der Waals surface area contributed by atoms with Crippen molar-refractivity contribution in [3.8, 4) is 34.2 Å². The summed E-state index contributed by atoms with van der Waals surface area (Å²) in [4.78, 5) is 12.6. The van der Waals surface area contributed by atoms with Gasteiger partial charge in [0.05, 0.1) is 24.0 Å². The molecule has 1 aromatic heterocycles. The van der Waals surface area contributed by atoms with E-state index in [1.54, 1.807) is 12.3 Å². The van der Waals surface area contributed by atoms with Crippen molar-refractivity contribution in [2.45, 2.75) is 64.0 Å². The molecule has 2 saturated heterocycles. The van der Waals surface area contributed by atoms with Crippen molar-refractivity contribution in [3.05, 3.63) is 91.0 Å². The minimum Gasteiger partial charge on any atom is -0.386 e. The standard InChI is InChI=1S/C32H38N6.C2H4/c1-32(2,3)25-11-6-10-23(19-25)26-20-24(29-21-37-31(38-29)28-13-8-18-35-28)15-14-22(26)9-4-5-16-36-30(33)27-12-7-17-34-27;1-2/h5-6,10-11,14-16,19-21,27-28,34-35H,7-8,12-13,17-18H2,1-3H3,(H2,33,36)(H,37,38);1-2H2/b16-5+;/t27?,28-;/m0./s1. The fraction of sp³-hybridized carbons (Fsp3) is 0.353. The molecule has 3 heterocycles. The second-order valence-electron chi connectivity index (χ2n) is 11.2. The van der Waals surface area contributed by atoms with Crippen molar-refractivity contribution >= 4 is 5.84 Å². The molecule has 2 fully saturated rings. The first-order chi connectivity index (χ1) is 19.4. The molecule has 2 atom stereocenters. The van der Waals surface area contributed by atoms with Crippen molar-refractivity contribution in [1.82, 2.24) is 20.6 Å². The highest BCUT2D eigenvalue weighted by molar-refractivity contribution is 5.86. The van der Waals surface area contributed by atoms with Crippen LogP contribution in [0.5, 0.6) is 0 Å². The fourth-order valence-corrected chi connectivity index (χ4v) is 5.10. The summed E-state index contributed by atoms with van der Waals surface area (Å²) in [5, 5.41) is 6.89. The second-order valence-corrected chi connectivity index (χ2v) is 11.2. The number of aromatic nitrogens is 2. The third kappa shape index (κ3) is 7.18. The van der Waals surface area contributed by atoms with Crippen molar-refractivity contribution in [2.75, 3.05) is 13.1 Å². The van der Waals surface area contributed by atoms with E-state index in [1.807, 2.05) is 6.20 Å². The third-order valence-electron chi connectivity index (χ3n) is 7.36. The first-order valence-corrected chi connectivity index (χ1v) is 14.2. The highest BCUT2D eigenvalue weighted by Crippen LogP contribution is 2.33. The van der Waals surface area contributed by atoms with E-state index in [9.17, 15) is 0 Å². The lowest BCUT2D eigenvalue weighted by molar-refractivity contribution is 0.590. The molecule has 6 heteroatoms. The van der Waals surface area contributed by atoms with Gasteiger partial charge in [-0.05, 0) is 73.0 Å². The van der Waals surface area contributed by atoms with Gasteiger partial charge < -0.3 is 21.4 Å². The molecule has 0 bridgehead atoms.